The minimum absolute atomic E-state index is 0.729. The van der Waals surface area contributed by atoms with Gasteiger partial charge in [0.1, 0.15) is 0 Å². The van der Waals surface area contributed by atoms with Gasteiger partial charge in [-0.15, -0.1) is 0 Å². The Balaban J connectivity index is 1.74. The van der Waals surface area contributed by atoms with Crippen LogP contribution in [0.5, 0.6) is 0 Å². The van der Waals surface area contributed by atoms with Gasteiger partial charge in [-0.3, -0.25) is 0 Å². The van der Waals surface area contributed by atoms with E-state index in [9.17, 15) is 0 Å². The number of nitrogens with zero attached hydrogens (tertiary/aromatic N) is 1. The summed E-state index contributed by atoms with van der Waals surface area (Å²) in [6, 6.07) is 0.729. The van der Waals surface area contributed by atoms with Gasteiger partial charge < -0.3 is 10.2 Å². The van der Waals surface area contributed by atoms with E-state index in [4.69, 9.17) is 0 Å². The Kier molecular flexibility index (Phi) is 3.65. The van der Waals surface area contributed by atoms with Crippen LogP contribution in [0.1, 0.15) is 32.6 Å². The van der Waals surface area contributed by atoms with Crippen molar-refractivity contribution in [1.29, 1.82) is 0 Å². The van der Waals surface area contributed by atoms with Crippen LogP contribution in [0.4, 0.5) is 0 Å². The molecule has 2 aliphatic rings. The molecule has 1 N–H and O–H groups in total. The Morgan fingerprint density at radius 2 is 2.47 bits per heavy atom. The first-order valence-corrected chi connectivity index (χ1v) is 5.95. The van der Waals surface area contributed by atoms with Crippen molar-refractivity contribution in [3.63, 3.8) is 0 Å². The molecule has 2 rings (SSSR count). The first-order valence-electron chi connectivity index (χ1n) is 5.95. The molecule has 0 radical (unpaired) electrons. The van der Waals surface area contributed by atoms with Gasteiger partial charge in [0.05, 0.1) is 0 Å². The normalized spacial score (nSPS) is 25.5. The van der Waals surface area contributed by atoms with E-state index in [2.05, 4.69) is 41.3 Å². The van der Waals surface area contributed by atoms with Gasteiger partial charge in [-0.1, -0.05) is 12.2 Å². The zero-order valence-corrected chi connectivity index (χ0v) is 9.50. The second-order valence-corrected chi connectivity index (χ2v) is 4.45. The molecule has 2 heteroatoms. The molecule has 82 valence electrons. The number of nitrogens with one attached hydrogen (secondary N) is 1. The third-order valence-corrected chi connectivity index (χ3v) is 3.12. The fourth-order valence-electron chi connectivity index (χ4n) is 2.10. The van der Waals surface area contributed by atoms with E-state index >= 15 is 0 Å². The summed E-state index contributed by atoms with van der Waals surface area (Å²) in [6.07, 6.45) is 11.6. The zero-order valence-electron chi connectivity index (χ0n) is 9.50. The van der Waals surface area contributed by atoms with Crippen molar-refractivity contribution >= 4 is 0 Å². The number of allylic oxidation sites excluding steroid dienone is 2. The molecule has 0 spiro atoms. The van der Waals surface area contributed by atoms with E-state index in [-0.39, 0.29) is 0 Å². The van der Waals surface area contributed by atoms with Crippen molar-refractivity contribution < 1.29 is 0 Å². The summed E-state index contributed by atoms with van der Waals surface area (Å²) in [4.78, 5) is 2.23. The van der Waals surface area contributed by atoms with Crippen LogP contribution in [-0.2, 0) is 0 Å². The highest BCUT2D eigenvalue weighted by Gasteiger charge is 2.12. The predicted molar refractivity (Wildman–Crippen MR) is 63.4 cm³/mol. The highest BCUT2D eigenvalue weighted by Crippen LogP contribution is 2.12. The fraction of sp³-hybridized carbons (Fsp3) is 0.615. The molecule has 0 aromatic carbocycles. The monoisotopic (exact) mass is 204 g/mol. The molecule has 1 saturated heterocycles. The quantitative estimate of drug-likeness (QED) is 0.710. The van der Waals surface area contributed by atoms with Crippen LogP contribution in [0.25, 0.3) is 0 Å². The molecule has 0 bridgehead atoms. The smallest absolute Gasteiger partial charge is 0.0466 e. The maximum atomic E-state index is 3.58. The van der Waals surface area contributed by atoms with Crippen LogP contribution in [0.3, 0.4) is 0 Å². The standard InChI is InChI=1S/C13H20N2/c1-12-5-9-15(10-6-12)11-7-13-4-2-3-8-14-13/h5,9-10,13-14H,2-4,7-8,11H2,1H3. The number of rotatable bonds is 3. The summed E-state index contributed by atoms with van der Waals surface area (Å²) in [6.45, 7) is 4.39. The van der Waals surface area contributed by atoms with Crippen LogP contribution in [0.15, 0.2) is 29.8 Å². The van der Waals surface area contributed by atoms with Crippen molar-refractivity contribution in [2.45, 2.75) is 38.6 Å². The molecule has 2 heterocycles. The van der Waals surface area contributed by atoms with Crippen LogP contribution in [0, 0.1) is 0 Å². The van der Waals surface area contributed by atoms with Gasteiger partial charge >= 0.3 is 0 Å². The lowest BCUT2D eigenvalue weighted by atomic mass is 10.0. The molecule has 0 amide bonds. The van der Waals surface area contributed by atoms with E-state index in [1.807, 2.05) is 0 Å². The summed E-state index contributed by atoms with van der Waals surface area (Å²) in [5.74, 6) is 0. The Morgan fingerprint density at radius 1 is 1.53 bits per heavy atom. The minimum Gasteiger partial charge on any atom is -0.347 e. The van der Waals surface area contributed by atoms with Gasteiger partial charge in [0, 0.05) is 25.0 Å². The summed E-state index contributed by atoms with van der Waals surface area (Å²) >= 11 is 0. The molecule has 0 saturated carbocycles. The zero-order chi connectivity index (χ0) is 10.5. The van der Waals surface area contributed by atoms with Crippen molar-refractivity contribution in [3.05, 3.63) is 29.8 Å². The average Bonchev–Trinajstić information content (AvgIpc) is 2.30. The van der Waals surface area contributed by atoms with E-state index in [1.54, 1.807) is 0 Å². The molecule has 1 fully saturated rings. The third kappa shape index (κ3) is 3.26. The van der Waals surface area contributed by atoms with Gasteiger partial charge in [0.25, 0.3) is 0 Å². The predicted octanol–water partition coefficient (Wildman–Crippen LogP) is 2.41. The molecule has 2 aliphatic heterocycles. The third-order valence-electron chi connectivity index (χ3n) is 3.12. The van der Waals surface area contributed by atoms with Crippen LogP contribution in [-0.4, -0.2) is 24.0 Å². The number of hydrogen-bond acceptors (Lipinski definition) is 2. The van der Waals surface area contributed by atoms with Gasteiger partial charge in [-0.2, -0.15) is 0 Å². The largest absolute Gasteiger partial charge is 0.347 e. The summed E-state index contributed by atoms with van der Waals surface area (Å²) in [5, 5.41) is 3.58. The molecule has 1 unspecified atom stereocenters. The van der Waals surface area contributed by atoms with Gasteiger partial charge in [0.15, 0.2) is 0 Å². The van der Waals surface area contributed by atoms with Crippen LogP contribution < -0.4 is 5.32 Å². The summed E-state index contributed by atoms with van der Waals surface area (Å²) in [7, 11) is 0. The summed E-state index contributed by atoms with van der Waals surface area (Å²) < 4.78 is 0. The molecule has 15 heavy (non-hydrogen) atoms. The lowest BCUT2D eigenvalue weighted by Gasteiger charge is -2.25. The lowest BCUT2D eigenvalue weighted by Crippen LogP contribution is -2.36. The maximum Gasteiger partial charge on any atom is 0.0466 e. The lowest BCUT2D eigenvalue weighted by molar-refractivity contribution is 0.350. The fourth-order valence-corrected chi connectivity index (χ4v) is 2.10. The van der Waals surface area contributed by atoms with Gasteiger partial charge in [0.2, 0.25) is 0 Å². The van der Waals surface area contributed by atoms with E-state index in [0.29, 0.717) is 0 Å². The van der Waals surface area contributed by atoms with E-state index in [1.165, 1.54) is 37.8 Å². The molecular formula is C13H20N2. The number of piperidine rings is 1. The second kappa shape index (κ2) is 5.20. The minimum atomic E-state index is 0.729. The van der Waals surface area contributed by atoms with E-state index < -0.39 is 0 Å². The highest BCUT2D eigenvalue weighted by atomic mass is 15.1. The molecule has 0 aromatic heterocycles. The Labute approximate surface area is 92.3 Å². The molecular weight excluding hydrogens is 184 g/mol. The Bertz CT molecular complexity index is 292. The molecule has 1 atom stereocenters. The SMILES string of the molecule is CC1=C=CN(CCC2CCCCN2)C=C1. The van der Waals surface area contributed by atoms with Crippen LogP contribution in [0.2, 0.25) is 0 Å². The van der Waals surface area contributed by atoms with Crippen LogP contribution >= 0.6 is 0 Å². The Hall–Kier alpha value is -0.980. The van der Waals surface area contributed by atoms with E-state index in [0.717, 1.165) is 12.6 Å². The molecule has 0 aromatic rings. The second-order valence-electron chi connectivity index (χ2n) is 4.45. The van der Waals surface area contributed by atoms with Crippen molar-refractivity contribution in [2.24, 2.45) is 0 Å². The van der Waals surface area contributed by atoms with Gasteiger partial charge in [-0.05, 0) is 44.4 Å². The molecule has 0 aliphatic carbocycles. The Morgan fingerprint density at radius 3 is 3.13 bits per heavy atom. The topological polar surface area (TPSA) is 15.3 Å². The average molecular weight is 204 g/mol. The summed E-state index contributed by atoms with van der Waals surface area (Å²) in [5.41, 5.74) is 4.44. The van der Waals surface area contributed by atoms with Crippen molar-refractivity contribution in [2.75, 3.05) is 13.1 Å². The number of hydrogen-bond donors (Lipinski definition) is 1. The highest BCUT2D eigenvalue weighted by molar-refractivity contribution is 5.19. The maximum absolute atomic E-state index is 3.58. The van der Waals surface area contributed by atoms with Crippen molar-refractivity contribution in [3.8, 4) is 0 Å². The first-order chi connectivity index (χ1) is 7.34. The molecule has 2 nitrogen and oxygen atoms in total. The van der Waals surface area contributed by atoms with Crippen molar-refractivity contribution in [1.82, 2.24) is 10.2 Å². The van der Waals surface area contributed by atoms with Gasteiger partial charge in [-0.25, -0.2) is 0 Å². The first kappa shape index (κ1) is 10.5.